The van der Waals surface area contributed by atoms with Crippen molar-refractivity contribution in [1.82, 2.24) is 10.3 Å². The van der Waals surface area contributed by atoms with Gasteiger partial charge in [0.25, 0.3) is 0 Å². The molecule has 10 nitrogen and oxygen atoms in total. The molecule has 0 saturated carbocycles. The number of esters is 1. The van der Waals surface area contributed by atoms with E-state index in [-0.39, 0.29) is 18.5 Å². The Labute approximate surface area is 184 Å². The molecule has 12 heteroatoms. The normalized spacial score (nSPS) is 12.7. The molecule has 1 aromatic heterocycles. The van der Waals surface area contributed by atoms with Gasteiger partial charge in [-0.05, 0) is 51.0 Å². The van der Waals surface area contributed by atoms with Crippen LogP contribution in [0.3, 0.4) is 0 Å². The summed E-state index contributed by atoms with van der Waals surface area (Å²) in [5.41, 5.74) is 0.603. The number of aromatic nitrogens is 1. The van der Waals surface area contributed by atoms with Gasteiger partial charge in [0, 0.05) is 5.38 Å². The topological polar surface area (TPSA) is 144 Å². The number of hydrogen-bond acceptors (Lipinski definition) is 8. The highest BCUT2D eigenvalue weighted by Gasteiger charge is 2.23. The van der Waals surface area contributed by atoms with Crippen LogP contribution in [0.4, 0.5) is 10.5 Å². The van der Waals surface area contributed by atoms with Crippen molar-refractivity contribution in [2.45, 2.75) is 45.3 Å². The monoisotopic (exact) mass is 470 g/mol. The molecule has 1 amide bonds. The molecule has 1 aromatic carbocycles. The number of hydrogen-bond donors (Lipinski definition) is 3. The fraction of sp³-hybridized carbons (Fsp3) is 0.421. The molecular weight excluding hydrogens is 446 g/mol. The fourth-order valence-corrected chi connectivity index (χ4v) is 3.74. The summed E-state index contributed by atoms with van der Waals surface area (Å²) in [7, 11) is -3.10. The minimum atomic E-state index is -4.39. The van der Waals surface area contributed by atoms with Gasteiger partial charge in [0.1, 0.15) is 10.6 Å². The average Bonchev–Trinajstić information content (AvgIpc) is 3.08. The highest BCUT2D eigenvalue weighted by Crippen LogP contribution is 2.24. The lowest BCUT2D eigenvalue weighted by Gasteiger charge is -2.23. The predicted molar refractivity (Wildman–Crippen MR) is 114 cm³/mol. The molecule has 0 saturated heterocycles. The molecule has 0 spiro atoms. The van der Waals surface area contributed by atoms with Crippen LogP contribution in [0.5, 0.6) is 0 Å². The minimum absolute atomic E-state index is 0.00822. The second-order valence-corrected chi connectivity index (χ2v) is 9.56. The van der Waals surface area contributed by atoms with Gasteiger partial charge in [0.05, 0.1) is 31.0 Å². The molecule has 1 atom stereocenters. The molecule has 2 aromatic rings. The minimum Gasteiger partial charge on any atom is -0.469 e. The molecule has 0 aliphatic rings. The lowest BCUT2D eigenvalue weighted by molar-refractivity contribution is -0.139. The van der Waals surface area contributed by atoms with E-state index in [0.29, 0.717) is 16.3 Å². The fourth-order valence-electron chi connectivity index (χ4n) is 2.45. The van der Waals surface area contributed by atoms with Gasteiger partial charge in [-0.3, -0.25) is 14.1 Å². The zero-order chi connectivity index (χ0) is 23.2. The first-order valence-corrected chi connectivity index (χ1v) is 11.4. The molecule has 2 rings (SSSR count). The van der Waals surface area contributed by atoms with Crippen LogP contribution in [-0.2, 0) is 37.4 Å². The van der Waals surface area contributed by atoms with Crippen LogP contribution in [0.15, 0.2) is 23.6 Å². The van der Waals surface area contributed by atoms with Gasteiger partial charge in [-0.1, -0.05) is 6.07 Å². The number of carbonyl (C=O) groups is 2. The van der Waals surface area contributed by atoms with E-state index in [1.807, 2.05) is 4.72 Å². The third-order valence-corrected chi connectivity index (χ3v) is 5.16. The van der Waals surface area contributed by atoms with Crippen LogP contribution < -0.4 is 10.0 Å². The smallest absolute Gasteiger partial charge is 0.408 e. The van der Waals surface area contributed by atoms with Crippen LogP contribution in [-0.4, -0.2) is 42.7 Å². The van der Waals surface area contributed by atoms with Crippen molar-refractivity contribution >= 4 is 39.4 Å². The number of ether oxygens (including phenoxy) is 2. The third-order valence-electron chi connectivity index (χ3n) is 3.66. The maximum atomic E-state index is 12.3. The Kier molecular flexibility index (Phi) is 7.98. The molecule has 0 aliphatic heterocycles. The Morgan fingerprint density at radius 2 is 2.03 bits per heavy atom. The maximum Gasteiger partial charge on any atom is 0.408 e. The molecule has 0 aliphatic carbocycles. The van der Waals surface area contributed by atoms with E-state index >= 15 is 0 Å². The molecule has 169 valence electrons. The quantitative estimate of drug-likeness (QED) is 0.395. The van der Waals surface area contributed by atoms with Crippen molar-refractivity contribution in [1.29, 1.82) is 0 Å². The highest BCUT2D eigenvalue weighted by molar-refractivity contribution is 7.87. The summed E-state index contributed by atoms with van der Waals surface area (Å²) in [6, 6.07) is 6.73. The second kappa shape index (κ2) is 10.1. The summed E-state index contributed by atoms with van der Waals surface area (Å²) in [5, 5.41) is 5.03. The van der Waals surface area contributed by atoms with E-state index in [0.717, 1.165) is 0 Å². The van der Waals surface area contributed by atoms with E-state index in [4.69, 9.17) is 9.29 Å². The van der Waals surface area contributed by atoms with Gasteiger partial charge in [0.15, 0.2) is 0 Å². The van der Waals surface area contributed by atoms with Gasteiger partial charge < -0.3 is 14.8 Å². The Bertz CT molecular complexity index is 1010. The van der Waals surface area contributed by atoms with Crippen LogP contribution in [0.1, 0.15) is 43.1 Å². The Hall–Kier alpha value is -2.70. The molecular formula is C19H24N3O7S2. The number of methoxy groups -OCH3 is 1. The van der Waals surface area contributed by atoms with Gasteiger partial charge in [-0.25, -0.2) is 9.78 Å². The van der Waals surface area contributed by atoms with E-state index < -0.39 is 34.0 Å². The standard InChI is InChI=1S/C19H24N3O7S2/c1-19(2,3)29-18(24)21-15(17-20-14(11-30-17)10-16(23)28-4)9-12-5-7-13(8-6-12)22-31(25,26)27/h5,7-8,11,15,22H,9-10H2,1-4H3,(H,21,24)(H,25,26,27). The largest absolute Gasteiger partial charge is 0.469 e. The molecule has 3 N–H and O–H groups in total. The van der Waals surface area contributed by atoms with Crippen LogP contribution in [0.2, 0.25) is 0 Å². The number of carbonyl (C=O) groups excluding carboxylic acids is 2. The van der Waals surface area contributed by atoms with Gasteiger partial charge in [0.2, 0.25) is 0 Å². The Morgan fingerprint density at radius 3 is 2.58 bits per heavy atom. The maximum absolute atomic E-state index is 12.3. The molecule has 0 fully saturated rings. The van der Waals surface area contributed by atoms with Crippen LogP contribution in [0, 0.1) is 6.07 Å². The summed E-state index contributed by atoms with van der Waals surface area (Å²) >= 11 is 1.27. The van der Waals surface area contributed by atoms with Crippen LogP contribution >= 0.6 is 11.3 Å². The zero-order valence-corrected chi connectivity index (χ0v) is 19.1. The van der Waals surface area contributed by atoms with E-state index in [2.05, 4.69) is 21.1 Å². The number of nitrogens with zero attached hydrogens (tertiary/aromatic N) is 1. The summed E-state index contributed by atoms with van der Waals surface area (Å²) in [6.45, 7) is 5.23. The highest BCUT2D eigenvalue weighted by atomic mass is 32.2. The molecule has 1 unspecified atom stereocenters. The van der Waals surface area contributed by atoms with Gasteiger partial charge in [-0.2, -0.15) is 8.42 Å². The van der Waals surface area contributed by atoms with Crippen molar-refractivity contribution in [2.24, 2.45) is 0 Å². The lowest BCUT2D eigenvalue weighted by Crippen LogP contribution is -2.35. The van der Waals surface area contributed by atoms with Crippen molar-refractivity contribution in [3.63, 3.8) is 0 Å². The molecule has 1 radical (unpaired) electrons. The molecule has 0 bridgehead atoms. The predicted octanol–water partition coefficient (Wildman–Crippen LogP) is 2.68. The number of nitrogens with one attached hydrogen (secondary N) is 2. The first kappa shape index (κ1) is 24.6. The summed E-state index contributed by atoms with van der Waals surface area (Å²) in [6.07, 6.45) is -0.350. The van der Waals surface area contributed by atoms with Crippen molar-refractivity contribution in [3.8, 4) is 0 Å². The van der Waals surface area contributed by atoms with Crippen molar-refractivity contribution < 1.29 is 32.0 Å². The SMILES string of the molecule is COC(=O)Cc1csc(C(Cc2[c]cc(NS(=O)(=O)O)cc2)NC(=O)OC(C)(C)C)n1. The number of rotatable bonds is 8. The molecule has 31 heavy (non-hydrogen) atoms. The number of amides is 1. The van der Waals surface area contributed by atoms with Crippen molar-refractivity contribution in [3.05, 3.63) is 45.9 Å². The van der Waals surface area contributed by atoms with E-state index in [1.165, 1.54) is 30.6 Å². The van der Waals surface area contributed by atoms with Gasteiger partial charge in [-0.15, -0.1) is 11.3 Å². The number of alkyl carbamates (subject to hydrolysis) is 1. The van der Waals surface area contributed by atoms with E-state index in [1.54, 1.807) is 32.2 Å². The number of benzene rings is 1. The van der Waals surface area contributed by atoms with Crippen molar-refractivity contribution in [2.75, 3.05) is 11.8 Å². The number of thiazole rings is 1. The van der Waals surface area contributed by atoms with E-state index in [9.17, 15) is 18.0 Å². The van der Waals surface area contributed by atoms with Crippen LogP contribution in [0.25, 0.3) is 0 Å². The first-order valence-electron chi connectivity index (χ1n) is 9.11. The first-order chi connectivity index (χ1) is 14.3. The summed E-state index contributed by atoms with van der Waals surface area (Å²) in [4.78, 5) is 28.2. The third kappa shape index (κ3) is 8.90. The van der Waals surface area contributed by atoms with Gasteiger partial charge >= 0.3 is 22.4 Å². The second-order valence-electron chi connectivity index (χ2n) is 7.51. The number of anilines is 1. The Morgan fingerprint density at radius 1 is 1.32 bits per heavy atom. The summed E-state index contributed by atoms with van der Waals surface area (Å²) in [5.74, 6) is -0.427. The average molecular weight is 471 g/mol. The lowest BCUT2D eigenvalue weighted by atomic mass is 10.1. The summed E-state index contributed by atoms with van der Waals surface area (Å²) < 4.78 is 42.6. The zero-order valence-electron chi connectivity index (χ0n) is 17.5. The molecule has 1 heterocycles. The Balaban J connectivity index is 2.21.